The summed E-state index contributed by atoms with van der Waals surface area (Å²) >= 11 is 0. The molecule has 2 N–H and O–H groups in total. The van der Waals surface area contributed by atoms with Gasteiger partial charge in [0.1, 0.15) is 5.75 Å². The molecule has 0 spiro atoms. The van der Waals surface area contributed by atoms with Crippen LogP contribution in [0, 0.1) is 12.8 Å². The van der Waals surface area contributed by atoms with Gasteiger partial charge in [-0.05, 0) is 60.1 Å². The molecule has 0 radical (unpaired) electrons. The molecule has 4 heteroatoms. The van der Waals surface area contributed by atoms with Gasteiger partial charge in [0.2, 0.25) is 5.91 Å². The molecule has 1 saturated carbocycles. The van der Waals surface area contributed by atoms with Crippen molar-refractivity contribution < 1.29 is 14.6 Å². The summed E-state index contributed by atoms with van der Waals surface area (Å²) in [5, 5.41) is 13.0. The zero-order chi connectivity index (χ0) is 18.1. The molecule has 4 nitrogen and oxygen atoms in total. The minimum Gasteiger partial charge on any atom is -0.493 e. The Labute approximate surface area is 154 Å². The maximum atomic E-state index is 12.7. The van der Waals surface area contributed by atoms with E-state index in [-0.39, 0.29) is 24.0 Å². The molecular formula is C22H25NO3. The fourth-order valence-corrected chi connectivity index (χ4v) is 3.98. The summed E-state index contributed by atoms with van der Waals surface area (Å²) < 4.78 is 5.60. The second-order valence-corrected chi connectivity index (χ2v) is 7.50. The molecule has 0 unspecified atom stereocenters. The molecular weight excluding hydrogens is 326 g/mol. The Morgan fingerprint density at radius 3 is 2.85 bits per heavy atom. The Balaban J connectivity index is 1.52. The lowest BCUT2D eigenvalue weighted by atomic mass is 9.74. The van der Waals surface area contributed by atoms with Gasteiger partial charge in [0.05, 0.1) is 25.2 Å². The number of rotatable bonds is 5. The van der Waals surface area contributed by atoms with E-state index in [1.807, 2.05) is 43.3 Å². The zero-order valence-corrected chi connectivity index (χ0v) is 15.1. The molecule has 1 aliphatic heterocycles. The van der Waals surface area contributed by atoms with E-state index in [4.69, 9.17) is 4.74 Å². The number of ether oxygens (including phenoxy) is 1. The van der Waals surface area contributed by atoms with Crippen molar-refractivity contribution in [1.29, 1.82) is 0 Å². The van der Waals surface area contributed by atoms with Gasteiger partial charge in [0.15, 0.2) is 0 Å². The molecule has 0 bridgehead atoms. The van der Waals surface area contributed by atoms with Crippen LogP contribution in [0.3, 0.4) is 0 Å². The number of aliphatic hydroxyl groups is 1. The summed E-state index contributed by atoms with van der Waals surface area (Å²) in [6.07, 6.45) is 2.53. The number of hydrogen-bond acceptors (Lipinski definition) is 3. The Morgan fingerprint density at radius 2 is 2.08 bits per heavy atom. The van der Waals surface area contributed by atoms with Crippen LogP contribution in [0.1, 0.15) is 41.1 Å². The van der Waals surface area contributed by atoms with Gasteiger partial charge in [-0.3, -0.25) is 4.79 Å². The van der Waals surface area contributed by atoms with Gasteiger partial charge in [-0.25, -0.2) is 0 Å². The monoisotopic (exact) mass is 351 g/mol. The third-order valence-electron chi connectivity index (χ3n) is 5.62. The average Bonchev–Trinajstić information content (AvgIpc) is 3.07. The minimum atomic E-state index is -0.242. The zero-order valence-electron chi connectivity index (χ0n) is 15.1. The predicted molar refractivity (Wildman–Crippen MR) is 100 cm³/mol. The summed E-state index contributed by atoms with van der Waals surface area (Å²) in [6, 6.07) is 14.2. The highest BCUT2D eigenvalue weighted by molar-refractivity contribution is 5.79. The van der Waals surface area contributed by atoms with Crippen molar-refractivity contribution in [3.63, 3.8) is 0 Å². The van der Waals surface area contributed by atoms with Crippen molar-refractivity contribution in [1.82, 2.24) is 5.32 Å². The summed E-state index contributed by atoms with van der Waals surface area (Å²) in [6.45, 7) is 2.76. The third-order valence-corrected chi connectivity index (χ3v) is 5.62. The van der Waals surface area contributed by atoms with E-state index in [1.54, 1.807) is 0 Å². The Kier molecular flexibility index (Phi) is 4.68. The van der Waals surface area contributed by atoms with Crippen molar-refractivity contribution in [3.05, 3.63) is 64.7 Å². The number of carbonyl (C=O) groups is 1. The molecule has 1 heterocycles. The molecule has 0 aromatic heterocycles. The summed E-state index contributed by atoms with van der Waals surface area (Å²) in [5.41, 5.74) is 4.51. The van der Waals surface area contributed by atoms with Gasteiger partial charge in [-0.15, -0.1) is 0 Å². The summed E-state index contributed by atoms with van der Waals surface area (Å²) in [7, 11) is 0. The van der Waals surface area contributed by atoms with Crippen molar-refractivity contribution in [3.8, 4) is 5.75 Å². The maximum absolute atomic E-state index is 12.7. The lowest BCUT2D eigenvalue weighted by Crippen LogP contribution is -2.42. The molecule has 2 aromatic carbocycles. The van der Waals surface area contributed by atoms with Crippen LogP contribution in [0.5, 0.6) is 5.75 Å². The molecule has 1 aliphatic carbocycles. The normalized spacial score (nSPS) is 22.1. The van der Waals surface area contributed by atoms with Gasteiger partial charge < -0.3 is 15.2 Å². The molecule has 26 heavy (non-hydrogen) atoms. The van der Waals surface area contributed by atoms with Crippen molar-refractivity contribution in [2.45, 2.75) is 44.8 Å². The highest BCUT2D eigenvalue weighted by atomic mass is 16.5. The number of fused-ring (bicyclic) bond motifs is 1. The molecule has 2 aromatic rings. The van der Waals surface area contributed by atoms with Crippen LogP contribution in [0.4, 0.5) is 0 Å². The lowest BCUT2D eigenvalue weighted by Gasteiger charge is -2.38. The van der Waals surface area contributed by atoms with Crippen LogP contribution in [-0.2, 0) is 17.6 Å². The highest BCUT2D eigenvalue weighted by Gasteiger charge is 2.36. The molecule has 1 fully saturated rings. The molecule has 0 saturated heterocycles. The quantitative estimate of drug-likeness (QED) is 0.870. The van der Waals surface area contributed by atoms with Crippen LogP contribution < -0.4 is 10.1 Å². The highest BCUT2D eigenvalue weighted by Crippen LogP contribution is 2.39. The van der Waals surface area contributed by atoms with Gasteiger partial charge in [-0.1, -0.05) is 30.3 Å². The largest absolute Gasteiger partial charge is 0.493 e. The van der Waals surface area contributed by atoms with Gasteiger partial charge in [0, 0.05) is 6.42 Å². The van der Waals surface area contributed by atoms with E-state index in [0.717, 1.165) is 48.3 Å². The summed E-state index contributed by atoms with van der Waals surface area (Å²) in [5.74, 6) is 1.26. The first-order valence-corrected chi connectivity index (χ1v) is 9.37. The van der Waals surface area contributed by atoms with Crippen molar-refractivity contribution in [2.24, 2.45) is 5.92 Å². The molecule has 2 aliphatic rings. The van der Waals surface area contributed by atoms with Crippen LogP contribution in [-0.4, -0.2) is 23.7 Å². The molecule has 4 rings (SSSR count). The third kappa shape index (κ3) is 3.47. The van der Waals surface area contributed by atoms with Crippen molar-refractivity contribution in [2.75, 3.05) is 6.61 Å². The van der Waals surface area contributed by atoms with Gasteiger partial charge in [-0.2, -0.15) is 0 Å². The number of amides is 1. The SMILES string of the molecule is Cc1ccccc1CC(=O)N[C@H](c1ccc2c(c1)CCO2)C1CC(O)C1. The molecule has 1 atom stereocenters. The van der Waals surface area contributed by atoms with Gasteiger partial charge in [0.25, 0.3) is 0 Å². The Morgan fingerprint density at radius 1 is 1.27 bits per heavy atom. The maximum Gasteiger partial charge on any atom is 0.224 e. The summed E-state index contributed by atoms with van der Waals surface area (Å²) in [4.78, 5) is 12.7. The number of carbonyl (C=O) groups excluding carboxylic acids is 1. The standard InChI is InChI=1S/C22H25NO3/c1-14-4-2-3-5-15(14)13-21(25)23-22(18-11-19(24)12-18)17-6-7-20-16(10-17)8-9-26-20/h2-7,10,18-19,22,24H,8-9,11-13H2,1H3,(H,23,25)/t18?,19?,22-/m1/s1. The first-order valence-electron chi connectivity index (χ1n) is 9.37. The first kappa shape index (κ1) is 17.1. The second kappa shape index (κ2) is 7.12. The van der Waals surface area contributed by atoms with E-state index < -0.39 is 0 Å². The van der Waals surface area contributed by atoms with E-state index in [9.17, 15) is 9.90 Å². The Hall–Kier alpha value is -2.33. The fraction of sp³-hybridized carbons (Fsp3) is 0.409. The molecule has 1 amide bonds. The van der Waals surface area contributed by atoms with Crippen LogP contribution >= 0.6 is 0 Å². The van der Waals surface area contributed by atoms with Crippen LogP contribution in [0.15, 0.2) is 42.5 Å². The van der Waals surface area contributed by atoms with E-state index >= 15 is 0 Å². The van der Waals surface area contributed by atoms with E-state index in [1.165, 1.54) is 5.56 Å². The van der Waals surface area contributed by atoms with E-state index in [0.29, 0.717) is 6.42 Å². The van der Waals surface area contributed by atoms with Gasteiger partial charge >= 0.3 is 0 Å². The van der Waals surface area contributed by atoms with Crippen molar-refractivity contribution >= 4 is 5.91 Å². The van der Waals surface area contributed by atoms with Crippen LogP contribution in [0.2, 0.25) is 0 Å². The minimum absolute atomic E-state index is 0.0300. The predicted octanol–water partition coefficient (Wildman–Crippen LogP) is 3.10. The lowest BCUT2D eigenvalue weighted by molar-refractivity contribution is -0.122. The molecule has 136 valence electrons. The topological polar surface area (TPSA) is 58.6 Å². The first-order chi connectivity index (χ1) is 12.6. The number of aliphatic hydroxyl groups excluding tert-OH is 1. The smallest absolute Gasteiger partial charge is 0.224 e. The van der Waals surface area contributed by atoms with E-state index in [2.05, 4.69) is 11.4 Å². The number of aryl methyl sites for hydroxylation is 1. The number of hydrogen-bond donors (Lipinski definition) is 2. The second-order valence-electron chi connectivity index (χ2n) is 7.50. The number of benzene rings is 2. The Bertz CT molecular complexity index is 811. The van der Waals surface area contributed by atoms with Crippen LogP contribution in [0.25, 0.3) is 0 Å². The average molecular weight is 351 g/mol. The fourth-order valence-electron chi connectivity index (χ4n) is 3.98. The number of nitrogens with one attached hydrogen (secondary N) is 1.